The quantitative estimate of drug-likeness (QED) is 0.568. The summed E-state index contributed by atoms with van der Waals surface area (Å²) in [5.74, 6) is 0.868. The smallest absolute Gasteiger partial charge is 0.261 e. The second kappa shape index (κ2) is 11.4. The van der Waals surface area contributed by atoms with E-state index < -0.39 is 6.04 Å². The van der Waals surface area contributed by atoms with Crippen LogP contribution < -0.4 is 14.8 Å². The molecule has 1 N–H and O–H groups in total. The zero-order chi connectivity index (χ0) is 24.0. The van der Waals surface area contributed by atoms with E-state index >= 15 is 0 Å². The molecule has 0 bridgehead atoms. The highest BCUT2D eigenvalue weighted by Gasteiger charge is 2.29. The maximum absolute atomic E-state index is 13.3. The Labute approximate surface area is 201 Å². The molecule has 2 aromatic carbocycles. The number of benzene rings is 2. The zero-order valence-electron chi connectivity index (χ0n) is 19.8. The van der Waals surface area contributed by atoms with Gasteiger partial charge in [-0.25, -0.2) is 0 Å². The minimum Gasteiger partial charge on any atom is -0.497 e. The minimum absolute atomic E-state index is 0.142. The largest absolute Gasteiger partial charge is 0.497 e. The summed E-state index contributed by atoms with van der Waals surface area (Å²) >= 11 is 6.24. The summed E-state index contributed by atoms with van der Waals surface area (Å²) in [6.07, 6.45) is 4.22. The predicted molar refractivity (Wildman–Crippen MR) is 130 cm³/mol. The Morgan fingerprint density at radius 3 is 2.42 bits per heavy atom. The molecule has 0 heterocycles. The maximum atomic E-state index is 13.3. The molecule has 178 valence electrons. The van der Waals surface area contributed by atoms with Crippen molar-refractivity contribution >= 4 is 23.4 Å². The lowest BCUT2D eigenvalue weighted by Gasteiger charge is -2.29. The lowest BCUT2D eigenvalue weighted by atomic mass is 10.1. The van der Waals surface area contributed by atoms with Gasteiger partial charge in [0.25, 0.3) is 5.91 Å². The van der Waals surface area contributed by atoms with Crippen molar-refractivity contribution in [3.63, 3.8) is 0 Å². The van der Waals surface area contributed by atoms with E-state index in [1.165, 1.54) is 0 Å². The number of amides is 2. The van der Waals surface area contributed by atoms with E-state index in [0.29, 0.717) is 16.5 Å². The van der Waals surface area contributed by atoms with Crippen molar-refractivity contribution in [2.24, 2.45) is 0 Å². The van der Waals surface area contributed by atoms with E-state index in [4.69, 9.17) is 21.1 Å². The summed E-state index contributed by atoms with van der Waals surface area (Å²) in [6.45, 7) is 5.66. The van der Waals surface area contributed by atoms with Crippen molar-refractivity contribution in [3.8, 4) is 11.5 Å². The molecule has 6 nitrogen and oxygen atoms in total. The number of ether oxygens (including phenoxy) is 2. The van der Waals surface area contributed by atoms with Gasteiger partial charge in [-0.15, -0.1) is 0 Å². The maximum Gasteiger partial charge on any atom is 0.261 e. The third-order valence-electron chi connectivity index (χ3n) is 6.13. The Bertz CT molecular complexity index is 965. The van der Waals surface area contributed by atoms with Gasteiger partial charge in [-0.1, -0.05) is 36.6 Å². The van der Waals surface area contributed by atoms with Gasteiger partial charge in [0.05, 0.1) is 7.11 Å². The number of hydrogen-bond acceptors (Lipinski definition) is 4. The number of carbonyl (C=O) groups is 2. The molecule has 33 heavy (non-hydrogen) atoms. The molecule has 3 rings (SSSR count). The highest BCUT2D eigenvalue weighted by atomic mass is 35.5. The number of rotatable bonds is 9. The topological polar surface area (TPSA) is 67.9 Å². The van der Waals surface area contributed by atoms with Crippen LogP contribution in [0.2, 0.25) is 5.02 Å². The Morgan fingerprint density at radius 2 is 1.79 bits per heavy atom. The fraction of sp³-hybridized carbons (Fsp3) is 0.462. The van der Waals surface area contributed by atoms with Gasteiger partial charge in [-0.3, -0.25) is 9.59 Å². The van der Waals surface area contributed by atoms with Crippen LogP contribution in [0.25, 0.3) is 0 Å². The molecule has 1 aliphatic carbocycles. The fourth-order valence-electron chi connectivity index (χ4n) is 4.16. The monoisotopic (exact) mass is 472 g/mol. The molecule has 0 aromatic heterocycles. The first-order chi connectivity index (χ1) is 15.8. The summed E-state index contributed by atoms with van der Waals surface area (Å²) in [4.78, 5) is 27.8. The van der Waals surface area contributed by atoms with Gasteiger partial charge in [0.2, 0.25) is 5.91 Å². The second-order valence-electron chi connectivity index (χ2n) is 8.70. The van der Waals surface area contributed by atoms with E-state index in [9.17, 15) is 9.59 Å². The van der Waals surface area contributed by atoms with Crippen LogP contribution in [0.5, 0.6) is 11.5 Å². The van der Waals surface area contributed by atoms with Crippen molar-refractivity contribution < 1.29 is 19.1 Å². The molecule has 1 unspecified atom stereocenters. The highest BCUT2D eigenvalue weighted by Crippen LogP contribution is 2.26. The van der Waals surface area contributed by atoms with Crippen molar-refractivity contribution in [2.45, 2.75) is 65.1 Å². The predicted octanol–water partition coefficient (Wildman–Crippen LogP) is 4.82. The first kappa shape index (κ1) is 24.9. The molecule has 2 amide bonds. The number of nitrogens with one attached hydrogen (secondary N) is 1. The van der Waals surface area contributed by atoms with Crippen LogP contribution in [0.4, 0.5) is 0 Å². The van der Waals surface area contributed by atoms with Crippen molar-refractivity contribution in [1.82, 2.24) is 10.2 Å². The highest BCUT2D eigenvalue weighted by molar-refractivity contribution is 6.32. The molecule has 0 aliphatic heterocycles. The lowest BCUT2D eigenvalue weighted by Crippen LogP contribution is -2.50. The molecular formula is C26H33ClN2O4. The van der Waals surface area contributed by atoms with Gasteiger partial charge < -0.3 is 19.7 Å². The Morgan fingerprint density at radius 1 is 1.12 bits per heavy atom. The van der Waals surface area contributed by atoms with Crippen molar-refractivity contribution in [2.75, 3.05) is 13.7 Å². The van der Waals surface area contributed by atoms with Crippen molar-refractivity contribution in [3.05, 3.63) is 58.1 Å². The molecule has 0 radical (unpaired) electrons. The molecule has 1 saturated carbocycles. The summed E-state index contributed by atoms with van der Waals surface area (Å²) in [6, 6.07) is 10.7. The van der Waals surface area contributed by atoms with Crippen LogP contribution in [-0.2, 0) is 16.1 Å². The van der Waals surface area contributed by atoms with Gasteiger partial charge in [0.1, 0.15) is 17.5 Å². The third kappa shape index (κ3) is 6.64. The van der Waals surface area contributed by atoms with Crippen LogP contribution in [-0.4, -0.2) is 42.5 Å². The average molecular weight is 473 g/mol. The van der Waals surface area contributed by atoms with Gasteiger partial charge >= 0.3 is 0 Å². The van der Waals surface area contributed by atoms with E-state index in [0.717, 1.165) is 42.4 Å². The molecule has 0 spiro atoms. The minimum atomic E-state index is -0.637. The number of halogens is 1. The molecule has 0 saturated heterocycles. The Balaban J connectivity index is 1.75. The summed E-state index contributed by atoms with van der Waals surface area (Å²) < 4.78 is 11.1. The normalized spacial score (nSPS) is 14.6. The third-order valence-corrected chi connectivity index (χ3v) is 6.72. The first-order valence-electron chi connectivity index (χ1n) is 11.4. The van der Waals surface area contributed by atoms with Crippen LogP contribution in [0.15, 0.2) is 36.4 Å². The standard InChI is InChI=1S/C26H33ClN2O4/c1-17-12-23(13-18(2)25(17)27)33-16-24(30)29(15-20-8-7-11-22(14-20)32-4)19(3)26(31)28-21-9-5-6-10-21/h7-8,11-14,19,21H,5-6,9-10,15-16H2,1-4H3,(H,28,31). The molecule has 1 atom stereocenters. The Hall–Kier alpha value is -2.73. The fourth-order valence-corrected chi connectivity index (χ4v) is 4.27. The second-order valence-corrected chi connectivity index (χ2v) is 9.08. The lowest BCUT2D eigenvalue weighted by molar-refractivity contribution is -0.142. The number of carbonyl (C=O) groups excluding carboxylic acids is 2. The van der Waals surface area contributed by atoms with Crippen LogP contribution in [0, 0.1) is 13.8 Å². The van der Waals surface area contributed by atoms with E-state index in [1.807, 2.05) is 50.2 Å². The van der Waals surface area contributed by atoms with Gasteiger partial charge in [0.15, 0.2) is 6.61 Å². The summed E-state index contributed by atoms with van der Waals surface area (Å²) in [7, 11) is 1.60. The first-order valence-corrected chi connectivity index (χ1v) is 11.8. The van der Waals surface area contributed by atoms with Gasteiger partial charge in [0, 0.05) is 17.6 Å². The zero-order valence-corrected chi connectivity index (χ0v) is 20.6. The van der Waals surface area contributed by atoms with Crippen LogP contribution in [0.3, 0.4) is 0 Å². The number of nitrogens with zero attached hydrogens (tertiary/aromatic N) is 1. The SMILES string of the molecule is COc1cccc(CN(C(=O)COc2cc(C)c(Cl)c(C)c2)C(C)C(=O)NC2CCCC2)c1. The molecule has 2 aromatic rings. The van der Waals surface area contributed by atoms with Gasteiger partial charge in [-0.2, -0.15) is 0 Å². The van der Waals surface area contributed by atoms with E-state index in [-0.39, 0.29) is 31.0 Å². The van der Waals surface area contributed by atoms with E-state index in [1.54, 1.807) is 18.9 Å². The molecular weight excluding hydrogens is 440 g/mol. The average Bonchev–Trinajstić information content (AvgIpc) is 3.32. The number of methoxy groups -OCH3 is 1. The van der Waals surface area contributed by atoms with Crippen molar-refractivity contribution in [1.29, 1.82) is 0 Å². The molecule has 7 heteroatoms. The van der Waals surface area contributed by atoms with Gasteiger partial charge in [-0.05, 0) is 74.6 Å². The molecule has 1 fully saturated rings. The van der Waals surface area contributed by atoms with E-state index in [2.05, 4.69) is 5.32 Å². The summed E-state index contributed by atoms with van der Waals surface area (Å²) in [5, 5.41) is 3.79. The van der Waals surface area contributed by atoms with Crippen LogP contribution >= 0.6 is 11.6 Å². The Kier molecular flexibility index (Phi) is 8.61. The molecule has 1 aliphatic rings. The van der Waals surface area contributed by atoms with Crippen LogP contribution in [0.1, 0.15) is 49.3 Å². The number of aryl methyl sites for hydroxylation is 2. The summed E-state index contributed by atoms with van der Waals surface area (Å²) in [5.41, 5.74) is 2.65. The number of hydrogen-bond donors (Lipinski definition) is 1.